The highest BCUT2D eigenvalue weighted by Gasteiger charge is 2.27. The predicted octanol–water partition coefficient (Wildman–Crippen LogP) is 2.66. The number of nitrogen functional groups attached to an aromatic ring is 1. The SMILES string of the molecule is Nc1cc(C(=O)Nc2ccc(OC(F)(F)Cl)cc2)cnc1N1CCC(O)C1. The molecule has 1 fully saturated rings. The molecular weight excluding hydrogens is 382 g/mol. The highest BCUT2D eigenvalue weighted by Crippen LogP contribution is 2.27. The number of carbonyl (C=O) groups excluding carboxylic acids is 1. The van der Waals surface area contributed by atoms with Crippen molar-refractivity contribution in [2.24, 2.45) is 0 Å². The van der Waals surface area contributed by atoms with Gasteiger partial charge in [-0.2, -0.15) is 0 Å². The van der Waals surface area contributed by atoms with Crippen LogP contribution in [0.25, 0.3) is 0 Å². The number of pyridine rings is 1. The first-order valence-electron chi connectivity index (χ1n) is 8.07. The van der Waals surface area contributed by atoms with Crippen LogP contribution < -0.4 is 20.7 Å². The van der Waals surface area contributed by atoms with Gasteiger partial charge in [0, 0.05) is 36.6 Å². The molecule has 144 valence electrons. The van der Waals surface area contributed by atoms with Crippen LogP contribution in [0.2, 0.25) is 0 Å². The van der Waals surface area contributed by atoms with Gasteiger partial charge in [0.25, 0.3) is 5.91 Å². The summed E-state index contributed by atoms with van der Waals surface area (Å²) in [5.74, 6) is -0.0822. The van der Waals surface area contributed by atoms with Crippen molar-refractivity contribution in [1.82, 2.24) is 4.98 Å². The number of nitrogens with zero attached hydrogens (tertiary/aromatic N) is 2. The van der Waals surface area contributed by atoms with Crippen LogP contribution in [0.1, 0.15) is 16.8 Å². The number of aromatic nitrogens is 1. The van der Waals surface area contributed by atoms with E-state index in [0.29, 0.717) is 36.7 Å². The van der Waals surface area contributed by atoms with Gasteiger partial charge in [0.15, 0.2) is 5.82 Å². The van der Waals surface area contributed by atoms with Crippen molar-refractivity contribution in [3.63, 3.8) is 0 Å². The maximum absolute atomic E-state index is 12.6. The van der Waals surface area contributed by atoms with Gasteiger partial charge >= 0.3 is 5.57 Å². The molecule has 0 spiro atoms. The minimum absolute atomic E-state index is 0.143. The monoisotopic (exact) mass is 398 g/mol. The number of rotatable bonds is 5. The molecule has 1 aliphatic heterocycles. The zero-order chi connectivity index (χ0) is 19.6. The smallest absolute Gasteiger partial charge is 0.420 e. The summed E-state index contributed by atoms with van der Waals surface area (Å²) in [4.78, 5) is 18.4. The average Bonchev–Trinajstić information content (AvgIpc) is 3.01. The van der Waals surface area contributed by atoms with E-state index in [9.17, 15) is 18.7 Å². The molecule has 3 rings (SSSR count). The first-order chi connectivity index (χ1) is 12.7. The number of ether oxygens (including phenoxy) is 1. The van der Waals surface area contributed by atoms with Crippen LogP contribution in [0.4, 0.5) is 26.0 Å². The summed E-state index contributed by atoms with van der Waals surface area (Å²) in [7, 11) is 0. The molecule has 1 amide bonds. The van der Waals surface area contributed by atoms with E-state index in [0.717, 1.165) is 0 Å². The van der Waals surface area contributed by atoms with E-state index in [1.54, 1.807) is 0 Å². The van der Waals surface area contributed by atoms with Gasteiger partial charge in [0.05, 0.1) is 17.4 Å². The summed E-state index contributed by atoms with van der Waals surface area (Å²) in [6, 6.07) is 6.79. The van der Waals surface area contributed by atoms with Crippen LogP contribution in [0.15, 0.2) is 36.5 Å². The Hall–Kier alpha value is -2.65. The predicted molar refractivity (Wildman–Crippen MR) is 97.3 cm³/mol. The number of β-amino-alcohol motifs (C(OH)–C–C–N with tert-alkyl or cyclic N) is 1. The summed E-state index contributed by atoms with van der Waals surface area (Å²) in [6.07, 6.45) is 1.61. The second-order valence-corrected chi connectivity index (χ2v) is 6.49. The Morgan fingerprint density at radius 2 is 2.11 bits per heavy atom. The zero-order valence-electron chi connectivity index (χ0n) is 14.0. The maximum Gasteiger partial charge on any atom is 0.487 e. The van der Waals surface area contributed by atoms with Gasteiger partial charge in [-0.05, 0) is 36.8 Å². The molecule has 0 saturated carbocycles. The standard InChI is InChI=1S/C17H17ClF2N4O3/c18-17(19,20)27-13-3-1-11(2-4-13)23-16(26)10-7-14(21)15(22-8-10)24-6-5-12(25)9-24/h1-4,7-8,12,25H,5-6,9,21H2,(H,23,26). The van der Waals surface area contributed by atoms with E-state index < -0.39 is 17.6 Å². The van der Waals surface area contributed by atoms with Crippen LogP contribution in [0.3, 0.4) is 0 Å². The summed E-state index contributed by atoms with van der Waals surface area (Å²) in [5.41, 5.74) is 3.12. The Kier molecular flexibility index (Phi) is 5.33. The van der Waals surface area contributed by atoms with E-state index in [1.165, 1.54) is 36.5 Å². The third kappa shape index (κ3) is 4.95. The molecule has 1 aliphatic rings. The molecule has 1 aromatic heterocycles. The molecule has 7 nitrogen and oxygen atoms in total. The van der Waals surface area contributed by atoms with Crippen LogP contribution in [0, 0.1) is 0 Å². The number of nitrogens with two attached hydrogens (primary N) is 1. The molecule has 1 atom stereocenters. The molecule has 0 radical (unpaired) electrons. The molecular formula is C17H17ClF2N4O3. The molecule has 2 aromatic rings. The lowest BCUT2D eigenvalue weighted by molar-refractivity contribution is -0.0964. The molecule has 1 saturated heterocycles. The number of anilines is 3. The molecule has 27 heavy (non-hydrogen) atoms. The second-order valence-electron chi connectivity index (χ2n) is 6.05. The van der Waals surface area contributed by atoms with Crippen molar-refractivity contribution in [3.05, 3.63) is 42.1 Å². The van der Waals surface area contributed by atoms with E-state index in [4.69, 9.17) is 17.3 Å². The first-order valence-corrected chi connectivity index (χ1v) is 8.45. The maximum atomic E-state index is 12.6. The number of aliphatic hydroxyl groups excluding tert-OH is 1. The highest BCUT2D eigenvalue weighted by molar-refractivity contribution is 6.20. The van der Waals surface area contributed by atoms with Crippen LogP contribution in [-0.2, 0) is 0 Å². The van der Waals surface area contributed by atoms with E-state index in [-0.39, 0.29) is 11.3 Å². The molecule has 0 bridgehead atoms. The van der Waals surface area contributed by atoms with Crippen LogP contribution in [0.5, 0.6) is 5.75 Å². The van der Waals surface area contributed by atoms with E-state index in [2.05, 4.69) is 15.0 Å². The lowest BCUT2D eigenvalue weighted by atomic mass is 10.2. The van der Waals surface area contributed by atoms with Gasteiger partial charge in [0.1, 0.15) is 5.75 Å². The quantitative estimate of drug-likeness (QED) is 0.669. The van der Waals surface area contributed by atoms with Crippen molar-refractivity contribution >= 4 is 34.7 Å². The van der Waals surface area contributed by atoms with Gasteiger partial charge in [-0.1, -0.05) is 0 Å². The summed E-state index contributed by atoms with van der Waals surface area (Å²) < 4.78 is 29.4. The van der Waals surface area contributed by atoms with Gasteiger partial charge in [-0.15, -0.1) is 8.78 Å². The lowest BCUT2D eigenvalue weighted by Crippen LogP contribution is -2.24. The van der Waals surface area contributed by atoms with Crippen molar-refractivity contribution in [2.75, 3.05) is 29.0 Å². The Balaban J connectivity index is 1.66. The summed E-state index contributed by atoms with van der Waals surface area (Å²) in [6.45, 7) is 1.08. The number of hydrogen-bond donors (Lipinski definition) is 3. The fourth-order valence-electron chi connectivity index (χ4n) is 2.74. The number of amides is 1. The fourth-order valence-corrected chi connectivity index (χ4v) is 2.83. The first kappa shape index (κ1) is 19.1. The normalized spacial score (nSPS) is 17.0. The second kappa shape index (κ2) is 7.53. The van der Waals surface area contributed by atoms with Gasteiger partial charge < -0.3 is 25.8 Å². The van der Waals surface area contributed by atoms with Crippen molar-refractivity contribution in [1.29, 1.82) is 0 Å². The van der Waals surface area contributed by atoms with Crippen LogP contribution in [-0.4, -0.2) is 40.8 Å². The summed E-state index contributed by atoms with van der Waals surface area (Å²) in [5, 5.41) is 12.2. The number of halogens is 3. The topological polar surface area (TPSA) is 101 Å². The van der Waals surface area contributed by atoms with Crippen molar-refractivity contribution in [3.8, 4) is 5.75 Å². The minimum atomic E-state index is -3.80. The molecule has 2 heterocycles. The number of carbonyl (C=O) groups is 1. The Morgan fingerprint density at radius 3 is 2.67 bits per heavy atom. The molecule has 4 N–H and O–H groups in total. The lowest BCUT2D eigenvalue weighted by Gasteiger charge is -2.18. The third-order valence-electron chi connectivity index (χ3n) is 3.97. The van der Waals surface area contributed by atoms with E-state index in [1.807, 2.05) is 4.90 Å². The molecule has 1 aromatic carbocycles. The molecule has 10 heteroatoms. The average molecular weight is 399 g/mol. The number of aliphatic hydroxyl groups is 1. The summed E-state index contributed by atoms with van der Waals surface area (Å²) >= 11 is 4.69. The van der Waals surface area contributed by atoms with E-state index >= 15 is 0 Å². The Morgan fingerprint density at radius 1 is 1.41 bits per heavy atom. The number of nitrogens with one attached hydrogen (secondary N) is 1. The zero-order valence-corrected chi connectivity index (χ0v) is 14.8. The Bertz CT molecular complexity index is 830. The van der Waals surface area contributed by atoms with Gasteiger partial charge in [0.2, 0.25) is 0 Å². The molecule has 1 unspecified atom stereocenters. The molecule has 0 aliphatic carbocycles. The number of benzene rings is 1. The van der Waals surface area contributed by atoms with Gasteiger partial charge in [-0.3, -0.25) is 4.79 Å². The van der Waals surface area contributed by atoms with Crippen LogP contribution >= 0.6 is 11.6 Å². The largest absolute Gasteiger partial charge is 0.487 e. The number of alkyl halides is 3. The van der Waals surface area contributed by atoms with Crippen molar-refractivity contribution in [2.45, 2.75) is 18.1 Å². The number of hydrogen-bond acceptors (Lipinski definition) is 6. The Labute approximate surface area is 158 Å². The third-order valence-corrected chi connectivity index (χ3v) is 4.04. The van der Waals surface area contributed by atoms with Crippen molar-refractivity contribution < 1.29 is 23.4 Å². The highest BCUT2D eigenvalue weighted by atomic mass is 35.5. The minimum Gasteiger partial charge on any atom is -0.420 e. The fraction of sp³-hybridized carbons (Fsp3) is 0.294. The van der Waals surface area contributed by atoms with Gasteiger partial charge in [-0.25, -0.2) is 4.98 Å².